The van der Waals surface area contributed by atoms with Gasteiger partial charge in [-0.25, -0.2) is 13.1 Å². The van der Waals surface area contributed by atoms with Crippen LogP contribution in [-0.4, -0.2) is 25.9 Å². The molecule has 0 saturated carbocycles. The molecule has 2 heterocycles. The Morgan fingerprint density at radius 1 is 1.06 bits per heavy atom. The first-order chi connectivity index (χ1) is 14.7. The minimum Gasteiger partial charge on any atom is -0.352 e. The van der Waals surface area contributed by atoms with E-state index in [1.165, 1.54) is 0 Å². The fourth-order valence-corrected chi connectivity index (χ4v) is 5.69. The lowest BCUT2D eigenvalue weighted by molar-refractivity contribution is -0.121. The van der Waals surface area contributed by atoms with E-state index in [0.717, 1.165) is 39.1 Å². The molecule has 0 bridgehead atoms. The maximum Gasteiger partial charge on any atom is 0.241 e. The number of nitrogens with zero attached hydrogens (tertiary/aromatic N) is 1. The second-order valence-corrected chi connectivity index (χ2v) is 10.1. The number of benzene rings is 1. The number of hydrogen-bond donors (Lipinski definition) is 2. The minimum atomic E-state index is -3.70. The lowest BCUT2D eigenvalue weighted by Gasteiger charge is -2.16. The Kier molecular flexibility index (Phi) is 7.25. The fraction of sp³-hybridized carbons (Fsp3) is 0.304. The predicted molar refractivity (Wildman–Crippen MR) is 125 cm³/mol. The molecule has 0 aliphatic rings. The van der Waals surface area contributed by atoms with Crippen LogP contribution >= 0.6 is 11.3 Å². The van der Waals surface area contributed by atoms with E-state index in [2.05, 4.69) is 15.0 Å². The van der Waals surface area contributed by atoms with Gasteiger partial charge in [0.2, 0.25) is 15.9 Å². The normalized spacial score (nSPS) is 11.5. The number of nitrogens with one attached hydrogen (secondary N) is 2. The molecule has 164 valence electrons. The van der Waals surface area contributed by atoms with Crippen molar-refractivity contribution in [3.8, 4) is 11.3 Å². The Morgan fingerprint density at radius 2 is 1.77 bits per heavy atom. The molecule has 0 atom stereocenters. The maximum absolute atomic E-state index is 12.8. The first kappa shape index (κ1) is 23.1. The van der Waals surface area contributed by atoms with Crippen LogP contribution in [0.3, 0.4) is 0 Å². The van der Waals surface area contributed by atoms with Gasteiger partial charge in [-0.3, -0.25) is 9.78 Å². The molecule has 31 heavy (non-hydrogen) atoms. The molecule has 0 radical (unpaired) electrons. The monoisotopic (exact) mass is 457 g/mol. The fourth-order valence-electron chi connectivity index (χ4n) is 3.40. The van der Waals surface area contributed by atoms with Crippen molar-refractivity contribution in [3.63, 3.8) is 0 Å². The van der Waals surface area contributed by atoms with Gasteiger partial charge in [0.15, 0.2) is 0 Å². The molecular weight excluding hydrogens is 430 g/mol. The quantitative estimate of drug-likeness (QED) is 0.535. The van der Waals surface area contributed by atoms with Crippen LogP contribution in [-0.2, 0) is 21.4 Å². The van der Waals surface area contributed by atoms with Gasteiger partial charge in [-0.1, -0.05) is 6.07 Å². The van der Waals surface area contributed by atoms with Crippen LogP contribution in [0.4, 0.5) is 0 Å². The van der Waals surface area contributed by atoms with Crippen molar-refractivity contribution in [2.24, 2.45) is 0 Å². The van der Waals surface area contributed by atoms with Crippen molar-refractivity contribution in [2.45, 2.75) is 45.6 Å². The SMILES string of the molecule is Cc1cc(C)c(C)c(S(=O)(=O)NCCC(=O)NCc2ccnc(-c3ccsc3)c2)c1C. The molecule has 3 rings (SSSR count). The first-order valence-corrected chi connectivity index (χ1v) is 12.4. The van der Waals surface area contributed by atoms with Crippen LogP contribution in [0.25, 0.3) is 11.3 Å². The van der Waals surface area contributed by atoms with Crippen molar-refractivity contribution in [1.29, 1.82) is 0 Å². The number of pyridine rings is 1. The Hall–Kier alpha value is -2.55. The van der Waals surface area contributed by atoms with E-state index in [4.69, 9.17) is 0 Å². The lowest BCUT2D eigenvalue weighted by Crippen LogP contribution is -2.31. The average molecular weight is 458 g/mol. The second-order valence-electron chi connectivity index (χ2n) is 7.58. The summed E-state index contributed by atoms with van der Waals surface area (Å²) in [4.78, 5) is 16.9. The highest BCUT2D eigenvalue weighted by Crippen LogP contribution is 2.26. The van der Waals surface area contributed by atoms with Gasteiger partial charge in [-0.05, 0) is 79.1 Å². The number of rotatable bonds is 8. The van der Waals surface area contributed by atoms with Crippen molar-refractivity contribution in [3.05, 3.63) is 69.0 Å². The van der Waals surface area contributed by atoms with E-state index in [1.807, 2.05) is 62.7 Å². The van der Waals surface area contributed by atoms with Gasteiger partial charge >= 0.3 is 0 Å². The third-order valence-electron chi connectivity index (χ3n) is 5.34. The minimum absolute atomic E-state index is 0.0382. The Morgan fingerprint density at radius 3 is 2.42 bits per heavy atom. The van der Waals surface area contributed by atoms with E-state index in [9.17, 15) is 13.2 Å². The first-order valence-electron chi connectivity index (χ1n) is 10.0. The maximum atomic E-state index is 12.8. The molecule has 6 nitrogen and oxygen atoms in total. The van der Waals surface area contributed by atoms with Crippen LogP contribution in [0.1, 0.15) is 34.2 Å². The van der Waals surface area contributed by atoms with Gasteiger partial charge < -0.3 is 5.32 Å². The highest BCUT2D eigenvalue weighted by molar-refractivity contribution is 7.89. The van der Waals surface area contributed by atoms with Gasteiger partial charge in [0.05, 0.1) is 10.6 Å². The number of carbonyl (C=O) groups excluding carboxylic acids is 1. The number of aryl methyl sites for hydroxylation is 2. The van der Waals surface area contributed by atoms with Crippen LogP contribution < -0.4 is 10.0 Å². The summed E-state index contributed by atoms with van der Waals surface area (Å²) in [5, 5.41) is 6.86. The van der Waals surface area contributed by atoms with Gasteiger partial charge in [0.1, 0.15) is 0 Å². The zero-order valence-corrected chi connectivity index (χ0v) is 19.8. The summed E-state index contributed by atoms with van der Waals surface area (Å²) in [7, 11) is -3.70. The predicted octanol–water partition coefficient (Wildman–Crippen LogP) is 4.03. The number of thiophene rings is 1. The molecule has 0 aliphatic heterocycles. The third kappa shape index (κ3) is 5.58. The van der Waals surface area contributed by atoms with E-state index in [-0.39, 0.29) is 18.9 Å². The average Bonchev–Trinajstić information content (AvgIpc) is 3.26. The number of amides is 1. The number of sulfonamides is 1. The molecular formula is C23H27N3O3S2. The molecule has 0 aliphatic carbocycles. The Bertz CT molecular complexity index is 1160. The number of aromatic nitrogens is 1. The molecule has 3 aromatic rings. The molecule has 1 aromatic carbocycles. The van der Waals surface area contributed by atoms with Gasteiger partial charge in [0.25, 0.3) is 0 Å². The Labute approximate surface area is 187 Å². The molecule has 0 spiro atoms. The van der Waals surface area contributed by atoms with E-state index in [0.29, 0.717) is 11.4 Å². The zero-order valence-electron chi connectivity index (χ0n) is 18.2. The molecule has 2 aromatic heterocycles. The van der Waals surface area contributed by atoms with Crippen molar-refractivity contribution in [1.82, 2.24) is 15.0 Å². The zero-order chi connectivity index (χ0) is 22.6. The van der Waals surface area contributed by atoms with Crippen molar-refractivity contribution < 1.29 is 13.2 Å². The number of carbonyl (C=O) groups is 1. The molecule has 1 amide bonds. The van der Waals surface area contributed by atoms with Crippen molar-refractivity contribution >= 4 is 27.3 Å². The standard InChI is InChI=1S/C23H27N3O3S2/c1-15-11-16(2)18(4)23(17(15)3)31(28,29)26-9-6-22(27)25-13-19-5-8-24-21(12-19)20-7-10-30-14-20/h5,7-8,10-12,14,26H,6,9,13H2,1-4H3,(H,25,27). The summed E-state index contributed by atoms with van der Waals surface area (Å²) < 4.78 is 28.3. The summed E-state index contributed by atoms with van der Waals surface area (Å²) in [5.41, 5.74) is 6.18. The van der Waals surface area contributed by atoms with Gasteiger partial charge in [0, 0.05) is 36.7 Å². The van der Waals surface area contributed by atoms with Crippen LogP contribution in [0.2, 0.25) is 0 Å². The van der Waals surface area contributed by atoms with Crippen LogP contribution in [0, 0.1) is 27.7 Å². The molecule has 2 N–H and O–H groups in total. The van der Waals surface area contributed by atoms with Gasteiger partial charge in [-0.2, -0.15) is 11.3 Å². The molecule has 0 saturated heterocycles. The highest BCUT2D eigenvalue weighted by Gasteiger charge is 2.21. The highest BCUT2D eigenvalue weighted by atomic mass is 32.2. The lowest BCUT2D eigenvalue weighted by atomic mass is 10.0. The molecule has 0 unspecified atom stereocenters. The van der Waals surface area contributed by atoms with Crippen LogP contribution in [0.5, 0.6) is 0 Å². The molecule has 8 heteroatoms. The van der Waals surface area contributed by atoms with E-state index in [1.54, 1.807) is 17.5 Å². The largest absolute Gasteiger partial charge is 0.352 e. The third-order valence-corrected chi connectivity index (χ3v) is 7.76. The van der Waals surface area contributed by atoms with E-state index >= 15 is 0 Å². The Balaban J connectivity index is 1.56. The van der Waals surface area contributed by atoms with Crippen molar-refractivity contribution in [2.75, 3.05) is 6.54 Å². The summed E-state index contributed by atoms with van der Waals surface area (Å²) >= 11 is 1.61. The van der Waals surface area contributed by atoms with E-state index < -0.39 is 10.0 Å². The number of hydrogen-bond acceptors (Lipinski definition) is 5. The summed E-state index contributed by atoms with van der Waals surface area (Å²) in [6.07, 6.45) is 1.78. The second kappa shape index (κ2) is 9.72. The van der Waals surface area contributed by atoms with Gasteiger partial charge in [-0.15, -0.1) is 0 Å². The van der Waals surface area contributed by atoms with Crippen LogP contribution in [0.15, 0.2) is 46.1 Å². The molecule has 0 fully saturated rings. The summed E-state index contributed by atoms with van der Waals surface area (Å²) in [5.74, 6) is -0.217. The summed E-state index contributed by atoms with van der Waals surface area (Å²) in [6, 6.07) is 7.78. The topological polar surface area (TPSA) is 88.2 Å². The smallest absolute Gasteiger partial charge is 0.241 e. The summed E-state index contributed by atoms with van der Waals surface area (Å²) in [6.45, 7) is 7.82.